The van der Waals surface area contributed by atoms with Crippen LogP contribution in [0.3, 0.4) is 0 Å². The third-order valence-corrected chi connectivity index (χ3v) is 2.84. The van der Waals surface area contributed by atoms with Gasteiger partial charge in [0.25, 0.3) is 0 Å². The van der Waals surface area contributed by atoms with Crippen LogP contribution in [0.15, 0.2) is 16.8 Å². The summed E-state index contributed by atoms with van der Waals surface area (Å²) in [4.78, 5) is 8.36. The van der Waals surface area contributed by atoms with Crippen molar-refractivity contribution in [3.05, 3.63) is 28.2 Å². The molecule has 2 aromatic heterocycles. The molecule has 0 aliphatic carbocycles. The maximum atomic E-state index is 6.03. The van der Waals surface area contributed by atoms with Gasteiger partial charge in [-0.25, -0.2) is 4.98 Å². The third kappa shape index (κ3) is 2.80. The molecule has 18 heavy (non-hydrogen) atoms. The Morgan fingerprint density at radius 3 is 2.89 bits per heavy atom. The normalized spacial score (nSPS) is 12.7. The number of aromatic nitrogens is 3. The molecule has 0 saturated carbocycles. The first-order valence-electron chi connectivity index (χ1n) is 5.50. The van der Waals surface area contributed by atoms with E-state index in [0.29, 0.717) is 27.5 Å². The molecule has 0 aromatic carbocycles. The zero-order valence-electron chi connectivity index (χ0n) is 9.94. The van der Waals surface area contributed by atoms with E-state index in [2.05, 4.69) is 20.4 Å². The van der Waals surface area contributed by atoms with E-state index in [9.17, 15) is 0 Å². The van der Waals surface area contributed by atoms with Gasteiger partial charge in [-0.1, -0.05) is 35.3 Å². The molecule has 0 aliphatic heterocycles. The van der Waals surface area contributed by atoms with E-state index < -0.39 is 0 Å². The largest absolute Gasteiger partial charge is 0.337 e. The van der Waals surface area contributed by atoms with Gasteiger partial charge in [0.2, 0.25) is 11.7 Å². The van der Waals surface area contributed by atoms with Gasteiger partial charge in [0.15, 0.2) is 0 Å². The molecule has 96 valence electrons. The van der Waals surface area contributed by atoms with Gasteiger partial charge in [-0.3, -0.25) is 0 Å². The van der Waals surface area contributed by atoms with Crippen molar-refractivity contribution in [3.63, 3.8) is 0 Å². The quantitative estimate of drug-likeness (QED) is 0.936. The molecule has 0 fully saturated rings. The first kappa shape index (κ1) is 13.3. The van der Waals surface area contributed by atoms with E-state index in [0.717, 1.165) is 6.54 Å². The van der Waals surface area contributed by atoms with Crippen LogP contribution in [0.25, 0.3) is 11.5 Å². The number of halogens is 2. The molecule has 1 N–H and O–H groups in total. The minimum atomic E-state index is -0.0117. The van der Waals surface area contributed by atoms with E-state index >= 15 is 0 Å². The standard InChI is InChI=1S/C11H12Cl2N4O/c1-3-14-6(2)11-16-10(17-18-11)9-8(13)4-7(12)5-15-9/h4-6,14H,3H2,1-2H3. The van der Waals surface area contributed by atoms with Gasteiger partial charge in [-0.05, 0) is 19.5 Å². The van der Waals surface area contributed by atoms with Crippen molar-refractivity contribution < 1.29 is 4.52 Å². The van der Waals surface area contributed by atoms with Crippen molar-refractivity contribution in [1.82, 2.24) is 20.4 Å². The Hall–Kier alpha value is -1.17. The average Bonchev–Trinajstić information content (AvgIpc) is 2.78. The summed E-state index contributed by atoms with van der Waals surface area (Å²) in [6.07, 6.45) is 1.49. The van der Waals surface area contributed by atoms with Crippen LogP contribution in [0.4, 0.5) is 0 Å². The second kappa shape index (κ2) is 5.65. The summed E-state index contributed by atoms with van der Waals surface area (Å²) in [6, 6.07) is 1.58. The molecule has 0 saturated heterocycles. The number of hydrogen-bond acceptors (Lipinski definition) is 5. The summed E-state index contributed by atoms with van der Waals surface area (Å²) >= 11 is 11.8. The second-order valence-electron chi connectivity index (χ2n) is 3.72. The van der Waals surface area contributed by atoms with Crippen molar-refractivity contribution >= 4 is 23.2 Å². The Balaban J connectivity index is 2.29. The van der Waals surface area contributed by atoms with Gasteiger partial charge in [0, 0.05) is 6.20 Å². The minimum Gasteiger partial charge on any atom is -0.337 e. The number of rotatable bonds is 4. The van der Waals surface area contributed by atoms with E-state index in [4.69, 9.17) is 27.7 Å². The van der Waals surface area contributed by atoms with Crippen molar-refractivity contribution in [2.45, 2.75) is 19.9 Å². The van der Waals surface area contributed by atoms with Crippen LogP contribution in [0.5, 0.6) is 0 Å². The highest BCUT2D eigenvalue weighted by Gasteiger charge is 2.17. The number of hydrogen-bond donors (Lipinski definition) is 1. The first-order chi connectivity index (χ1) is 8.61. The topological polar surface area (TPSA) is 63.8 Å². The molecule has 0 spiro atoms. The molecule has 0 bridgehead atoms. The lowest BCUT2D eigenvalue weighted by molar-refractivity contribution is 0.342. The third-order valence-electron chi connectivity index (χ3n) is 2.34. The van der Waals surface area contributed by atoms with Crippen molar-refractivity contribution in [2.75, 3.05) is 6.54 Å². The van der Waals surface area contributed by atoms with Crippen molar-refractivity contribution in [2.24, 2.45) is 0 Å². The number of nitrogens with zero attached hydrogens (tertiary/aromatic N) is 3. The highest BCUT2D eigenvalue weighted by atomic mass is 35.5. The highest BCUT2D eigenvalue weighted by molar-refractivity contribution is 6.35. The van der Waals surface area contributed by atoms with Crippen LogP contribution in [-0.4, -0.2) is 21.7 Å². The predicted octanol–water partition coefficient (Wildman–Crippen LogP) is 3.11. The molecule has 7 heteroatoms. The molecule has 5 nitrogen and oxygen atoms in total. The van der Waals surface area contributed by atoms with Crippen LogP contribution in [-0.2, 0) is 0 Å². The van der Waals surface area contributed by atoms with Gasteiger partial charge in [-0.2, -0.15) is 4.98 Å². The summed E-state index contributed by atoms with van der Waals surface area (Å²) in [5.41, 5.74) is 0.458. The molecular formula is C11H12Cl2N4O. The number of pyridine rings is 1. The Morgan fingerprint density at radius 1 is 1.44 bits per heavy atom. The summed E-state index contributed by atoms with van der Waals surface area (Å²) in [5, 5.41) is 7.90. The fraction of sp³-hybridized carbons (Fsp3) is 0.364. The lowest BCUT2D eigenvalue weighted by Gasteiger charge is -2.05. The lowest BCUT2D eigenvalue weighted by Crippen LogP contribution is -2.17. The molecule has 2 aromatic rings. The minimum absolute atomic E-state index is 0.0117. The van der Waals surface area contributed by atoms with Crippen LogP contribution in [0.1, 0.15) is 25.8 Å². The van der Waals surface area contributed by atoms with E-state index in [1.54, 1.807) is 6.07 Å². The Labute approximate surface area is 115 Å². The summed E-state index contributed by atoms with van der Waals surface area (Å²) < 4.78 is 5.16. The molecule has 0 amide bonds. The summed E-state index contributed by atoms with van der Waals surface area (Å²) in [7, 11) is 0. The van der Waals surface area contributed by atoms with Crippen LogP contribution in [0.2, 0.25) is 10.0 Å². The number of nitrogens with one attached hydrogen (secondary N) is 1. The van der Waals surface area contributed by atoms with Gasteiger partial charge in [0.1, 0.15) is 5.69 Å². The molecule has 1 unspecified atom stereocenters. The predicted molar refractivity (Wildman–Crippen MR) is 69.6 cm³/mol. The molecule has 0 aliphatic rings. The molecule has 2 rings (SSSR count). The lowest BCUT2D eigenvalue weighted by atomic mass is 10.3. The maximum absolute atomic E-state index is 6.03. The van der Waals surface area contributed by atoms with Crippen LogP contribution >= 0.6 is 23.2 Å². The van der Waals surface area contributed by atoms with E-state index in [1.165, 1.54) is 6.20 Å². The fourth-order valence-electron chi connectivity index (χ4n) is 1.48. The molecular weight excluding hydrogens is 275 g/mol. The summed E-state index contributed by atoms with van der Waals surface area (Å²) in [5.74, 6) is 0.857. The van der Waals surface area contributed by atoms with Gasteiger partial charge in [-0.15, -0.1) is 0 Å². The van der Waals surface area contributed by atoms with Gasteiger partial charge < -0.3 is 9.84 Å². The van der Waals surface area contributed by atoms with E-state index in [1.807, 2.05) is 13.8 Å². The smallest absolute Gasteiger partial charge is 0.243 e. The Kier molecular flexibility index (Phi) is 4.16. The van der Waals surface area contributed by atoms with Crippen molar-refractivity contribution in [1.29, 1.82) is 0 Å². The second-order valence-corrected chi connectivity index (χ2v) is 4.56. The molecule has 1 atom stereocenters. The Morgan fingerprint density at radius 2 is 2.22 bits per heavy atom. The fourth-order valence-corrected chi connectivity index (χ4v) is 1.94. The zero-order chi connectivity index (χ0) is 13.1. The highest BCUT2D eigenvalue weighted by Crippen LogP contribution is 2.26. The molecule has 2 heterocycles. The maximum Gasteiger partial charge on any atom is 0.243 e. The SMILES string of the molecule is CCNC(C)c1nc(-c2ncc(Cl)cc2Cl)no1. The van der Waals surface area contributed by atoms with Gasteiger partial charge in [0.05, 0.1) is 16.1 Å². The Bertz CT molecular complexity index is 544. The summed E-state index contributed by atoms with van der Waals surface area (Å²) in [6.45, 7) is 4.77. The van der Waals surface area contributed by atoms with E-state index in [-0.39, 0.29) is 6.04 Å². The van der Waals surface area contributed by atoms with Crippen molar-refractivity contribution in [3.8, 4) is 11.5 Å². The zero-order valence-corrected chi connectivity index (χ0v) is 11.5. The first-order valence-corrected chi connectivity index (χ1v) is 6.25. The monoisotopic (exact) mass is 286 g/mol. The van der Waals surface area contributed by atoms with Gasteiger partial charge >= 0.3 is 0 Å². The molecule has 0 radical (unpaired) electrons. The van der Waals surface area contributed by atoms with Crippen LogP contribution < -0.4 is 5.32 Å². The average molecular weight is 287 g/mol. The van der Waals surface area contributed by atoms with Crippen LogP contribution in [0, 0.1) is 0 Å².